The molecule has 6 heteroatoms. The second kappa shape index (κ2) is 8.01. The molecule has 116 valence electrons. The molecule has 21 heavy (non-hydrogen) atoms. The van der Waals surface area contributed by atoms with Crippen molar-refractivity contribution in [2.75, 3.05) is 37.2 Å². The molecule has 0 saturated heterocycles. The zero-order valence-electron chi connectivity index (χ0n) is 13.2. The molecule has 0 fully saturated rings. The summed E-state index contributed by atoms with van der Waals surface area (Å²) in [4.78, 5) is 14.9. The molecule has 1 aromatic rings. The van der Waals surface area contributed by atoms with Gasteiger partial charge in [0.15, 0.2) is 5.78 Å². The largest absolute Gasteiger partial charge is 0.396 e. The maximum Gasteiger partial charge on any atom is 0.177 e. The fraction of sp³-hybridized carbons (Fsp3) is 0.600. The normalized spacial score (nSPS) is 10.9. The molecule has 0 aliphatic heterocycles. The van der Waals surface area contributed by atoms with Crippen LogP contribution in [0.1, 0.15) is 42.9 Å². The van der Waals surface area contributed by atoms with Crippen LogP contribution >= 0.6 is 11.3 Å². The van der Waals surface area contributed by atoms with Crippen LogP contribution < -0.4 is 11.1 Å². The maximum atomic E-state index is 12.1. The summed E-state index contributed by atoms with van der Waals surface area (Å²) in [5.74, 6) is -0.133. The minimum absolute atomic E-state index is 0.00853. The van der Waals surface area contributed by atoms with Gasteiger partial charge in [-0.2, -0.15) is 5.26 Å². The number of anilines is 2. The summed E-state index contributed by atoms with van der Waals surface area (Å²) in [6, 6.07) is 2.10. The number of Topliss-reactive ketones (excluding diaryl/α,β-unsaturated/α-hetero) is 1. The number of ketones is 1. The Labute approximate surface area is 130 Å². The van der Waals surface area contributed by atoms with Gasteiger partial charge in [0.1, 0.15) is 16.6 Å². The summed E-state index contributed by atoms with van der Waals surface area (Å²) < 4.78 is 0. The van der Waals surface area contributed by atoms with E-state index in [9.17, 15) is 10.1 Å². The number of likely N-dealkylation sites (N-methyl/N-ethyl adjacent to an activating group) is 1. The zero-order valence-corrected chi connectivity index (χ0v) is 14.0. The number of hydrogen-bond acceptors (Lipinski definition) is 6. The molecule has 5 nitrogen and oxygen atoms in total. The van der Waals surface area contributed by atoms with Gasteiger partial charge >= 0.3 is 0 Å². The van der Waals surface area contributed by atoms with Gasteiger partial charge in [-0.05, 0) is 13.1 Å². The molecule has 1 heterocycles. The van der Waals surface area contributed by atoms with Crippen molar-refractivity contribution in [1.82, 2.24) is 4.90 Å². The summed E-state index contributed by atoms with van der Waals surface area (Å²) in [5.41, 5.74) is 6.66. The van der Waals surface area contributed by atoms with Crippen LogP contribution in [0.5, 0.6) is 0 Å². The number of nitrogens with zero attached hydrogens (tertiary/aromatic N) is 2. The minimum Gasteiger partial charge on any atom is -0.396 e. The quantitative estimate of drug-likeness (QED) is 0.722. The Hall–Kier alpha value is -1.58. The van der Waals surface area contributed by atoms with Crippen molar-refractivity contribution in [1.29, 1.82) is 5.26 Å². The van der Waals surface area contributed by atoms with Crippen LogP contribution in [-0.4, -0.2) is 36.9 Å². The first-order valence-corrected chi connectivity index (χ1v) is 8.10. The van der Waals surface area contributed by atoms with Crippen molar-refractivity contribution < 1.29 is 4.79 Å². The van der Waals surface area contributed by atoms with Crippen LogP contribution in [0.3, 0.4) is 0 Å². The topological polar surface area (TPSA) is 82.2 Å². The molecular formula is C15H24N4OS. The third-order valence-electron chi connectivity index (χ3n) is 3.41. The van der Waals surface area contributed by atoms with Crippen LogP contribution in [0.25, 0.3) is 0 Å². The lowest BCUT2D eigenvalue weighted by molar-refractivity contribution is 0.0944. The van der Waals surface area contributed by atoms with E-state index in [1.54, 1.807) is 0 Å². The molecule has 0 aromatic carbocycles. The van der Waals surface area contributed by atoms with E-state index in [1.807, 2.05) is 13.8 Å². The first-order valence-electron chi connectivity index (χ1n) is 7.28. The average Bonchev–Trinajstić information content (AvgIpc) is 2.78. The highest BCUT2D eigenvalue weighted by Crippen LogP contribution is 2.36. The lowest BCUT2D eigenvalue weighted by atomic mass is 10.1. The van der Waals surface area contributed by atoms with E-state index in [1.165, 1.54) is 11.3 Å². The van der Waals surface area contributed by atoms with Gasteiger partial charge in [-0.25, -0.2) is 0 Å². The maximum absolute atomic E-state index is 12.1. The molecule has 0 saturated carbocycles. The van der Waals surface area contributed by atoms with Gasteiger partial charge in [-0.15, -0.1) is 11.3 Å². The molecular weight excluding hydrogens is 284 g/mol. The van der Waals surface area contributed by atoms with Gasteiger partial charge in [0.25, 0.3) is 0 Å². The number of carbonyl (C=O) groups excluding carboxylic acids is 1. The summed E-state index contributed by atoms with van der Waals surface area (Å²) in [7, 11) is 0. The van der Waals surface area contributed by atoms with Crippen LogP contribution in [0, 0.1) is 17.2 Å². The second-order valence-electron chi connectivity index (χ2n) is 5.13. The Kier molecular flexibility index (Phi) is 6.66. The molecule has 0 radical (unpaired) electrons. The van der Waals surface area contributed by atoms with E-state index < -0.39 is 0 Å². The first-order chi connectivity index (χ1) is 9.96. The van der Waals surface area contributed by atoms with Gasteiger partial charge < -0.3 is 16.0 Å². The summed E-state index contributed by atoms with van der Waals surface area (Å²) >= 11 is 1.29. The summed E-state index contributed by atoms with van der Waals surface area (Å²) in [6.07, 6.45) is 0. The number of hydrogen-bond donors (Lipinski definition) is 2. The molecule has 0 bridgehead atoms. The Bertz CT molecular complexity index is 527. The fourth-order valence-electron chi connectivity index (χ4n) is 1.99. The number of nitriles is 1. The van der Waals surface area contributed by atoms with Gasteiger partial charge in [-0.3, -0.25) is 4.79 Å². The predicted molar refractivity (Wildman–Crippen MR) is 88.9 cm³/mol. The van der Waals surface area contributed by atoms with E-state index in [0.717, 1.165) is 26.2 Å². The van der Waals surface area contributed by atoms with E-state index in [2.05, 4.69) is 30.1 Å². The number of nitrogens with two attached hydrogens (primary N) is 1. The molecule has 3 N–H and O–H groups in total. The second-order valence-corrected chi connectivity index (χ2v) is 6.15. The summed E-state index contributed by atoms with van der Waals surface area (Å²) in [5, 5.41) is 13.2. The minimum atomic E-state index is -0.124. The van der Waals surface area contributed by atoms with Crippen LogP contribution in [0.2, 0.25) is 0 Å². The fourth-order valence-corrected chi connectivity index (χ4v) is 3.18. The zero-order chi connectivity index (χ0) is 16.0. The molecule has 1 rings (SSSR count). The number of thiophene rings is 1. The number of nitrogen functional groups attached to an aromatic ring is 1. The highest BCUT2D eigenvalue weighted by molar-refractivity contribution is 7.19. The summed E-state index contributed by atoms with van der Waals surface area (Å²) in [6.45, 7) is 11.5. The van der Waals surface area contributed by atoms with Crippen molar-refractivity contribution in [3.8, 4) is 6.07 Å². The molecule has 0 unspecified atom stereocenters. The van der Waals surface area contributed by atoms with Crippen molar-refractivity contribution in [2.24, 2.45) is 5.92 Å². The van der Waals surface area contributed by atoms with Gasteiger partial charge in [0, 0.05) is 19.0 Å². The van der Waals surface area contributed by atoms with E-state index in [0.29, 0.717) is 21.1 Å². The van der Waals surface area contributed by atoms with E-state index in [4.69, 9.17) is 5.73 Å². The highest BCUT2D eigenvalue weighted by Gasteiger charge is 2.22. The Morgan fingerprint density at radius 1 is 1.43 bits per heavy atom. The van der Waals surface area contributed by atoms with Crippen LogP contribution in [-0.2, 0) is 0 Å². The van der Waals surface area contributed by atoms with Gasteiger partial charge in [-0.1, -0.05) is 27.7 Å². The molecule has 0 aliphatic rings. The Morgan fingerprint density at radius 3 is 2.52 bits per heavy atom. The van der Waals surface area contributed by atoms with E-state index >= 15 is 0 Å². The molecule has 0 atom stereocenters. The molecule has 0 aliphatic carbocycles. The lowest BCUT2D eigenvalue weighted by Gasteiger charge is -2.18. The molecule has 0 amide bonds. The highest BCUT2D eigenvalue weighted by atomic mass is 32.1. The lowest BCUT2D eigenvalue weighted by Crippen LogP contribution is -2.28. The monoisotopic (exact) mass is 308 g/mol. The number of rotatable bonds is 8. The Morgan fingerprint density at radius 2 is 2.05 bits per heavy atom. The first kappa shape index (κ1) is 17.5. The third-order valence-corrected chi connectivity index (χ3v) is 4.59. The SMILES string of the molecule is CCN(CC)CCNc1sc(C(=O)C(C)C)c(N)c1C#N. The van der Waals surface area contributed by atoms with E-state index in [-0.39, 0.29) is 11.7 Å². The predicted octanol–water partition coefficient (Wildman–Crippen LogP) is 2.79. The van der Waals surface area contributed by atoms with Crippen molar-refractivity contribution in [2.45, 2.75) is 27.7 Å². The number of nitrogens with one attached hydrogen (secondary N) is 1. The smallest absolute Gasteiger partial charge is 0.177 e. The van der Waals surface area contributed by atoms with Crippen LogP contribution in [0.4, 0.5) is 10.7 Å². The third kappa shape index (κ3) is 4.19. The molecule has 0 spiro atoms. The van der Waals surface area contributed by atoms with Crippen molar-refractivity contribution in [3.63, 3.8) is 0 Å². The van der Waals surface area contributed by atoms with Crippen molar-refractivity contribution >= 4 is 27.8 Å². The molecule has 1 aromatic heterocycles. The average molecular weight is 308 g/mol. The standard InChI is InChI=1S/C15H24N4OS/c1-5-19(6-2)8-7-18-15-11(9-16)12(17)14(21-15)13(20)10(3)4/h10,18H,5-8,17H2,1-4H3. The van der Waals surface area contributed by atoms with Gasteiger partial charge in [0.05, 0.1) is 10.6 Å². The van der Waals surface area contributed by atoms with Crippen molar-refractivity contribution in [3.05, 3.63) is 10.4 Å². The van der Waals surface area contributed by atoms with Crippen LogP contribution in [0.15, 0.2) is 0 Å². The number of carbonyl (C=O) groups is 1. The Balaban J connectivity index is 2.86. The van der Waals surface area contributed by atoms with Gasteiger partial charge in [0.2, 0.25) is 0 Å².